The standard InChI is InChI=1S/C19H16ClF2N3O4S2/c20-17-8-7-16(10-23-17)31(27,28)25(11-14-2-1-9-29-14)12-18(26)24-13-3-5-15(6-4-13)30-19(21)22/h1-10,19H,11-12H2,(H,24,26). The zero-order valence-electron chi connectivity index (χ0n) is 15.7. The molecular weight excluding hydrogens is 472 g/mol. The second kappa shape index (κ2) is 10.2. The highest BCUT2D eigenvalue weighted by atomic mass is 35.5. The van der Waals surface area contributed by atoms with E-state index in [1.807, 2.05) is 0 Å². The number of alkyl halides is 2. The minimum atomic E-state index is -4.10. The number of furan rings is 1. The summed E-state index contributed by atoms with van der Waals surface area (Å²) in [5.41, 5.74) is 0.340. The topological polar surface area (TPSA) is 92.5 Å². The number of carbonyl (C=O) groups excluding carboxylic acids is 1. The minimum Gasteiger partial charge on any atom is -0.468 e. The number of hydrogen-bond donors (Lipinski definition) is 1. The molecule has 2 heterocycles. The summed E-state index contributed by atoms with van der Waals surface area (Å²) in [6.45, 7) is -0.700. The second-order valence-corrected chi connectivity index (χ2v) is 9.51. The molecule has 3 aromatic rings. The second-order valence-electron chi connectivity index (χ2n) is 6.12. The molecule has 3 rings (SSSR count). The van der Waals surface area contributed by atoms with Crippen LogP contribution < -0.4 is 5.32 Å². The van der Waals surface area contributed by atoms with E-state index in [0.29, 0.717) is 28.1 Å². The average Bonchev–Trinajstić information content (AvgIpc) is 3.22. The van der Waals surface area contributed by atoms with Crippen LogP contribution in [0.25, 0.3) is 0 Å². The average molecular weight is 488 g/mol. The van der Waals surface area contributed by atoms with Crippen molar-refractivity contribution in [2.24, 2.45) is 0 Å². The summed E-state index contributed by atoms with van der Waals surface area (Å²) < 4.78 is 57.1. The number of carbonyl (C=O) groups is 1. The normalized spacial score (nSPS) is 11.8. The van der Waals surface area contributed by atoms with Gasteiger partial charge in [-0.2, -0.15) is 13.1 Å². The van der Waals surface area contributed by atoms with Crippen molar-refractivity contribution in [1.82, 2.24) is 9.29 Å². The third kappa shape index (κ3) is 6.50. The van der Waals surface area contributed by atoms with E-state index in [9.17, 15) is 22.0 Å². The number of benzene rings is 1. The van der Waals surface area contributed by atoms with E-state index in [-0.39, 0.29) is 16.6 Å². The first-order valence-electron chi connectivity index (χ1n) is 8.73. The number of halogens is 3. The lowest BCUT2D eigenvalue weighted by molar-refractivity contribution is -0.116. The molecule has 2 aromatic heterocycles. The van der Waals surface area contributed by atoms with Gasteiger partial charge in [0.25, 0.3) is 5.76 Å². The first-order chi connectivity index (χ1) is 14.7. The van der Waals surface area contributed by atoms with Gasteiger partial charge in [0, 0.05) is 16.8 Å². The number of amides is 1. The predicted octanol–water partition coefficient (Wildman–Crippen LogP) is 4.47. The molecule has 0 aliphatic rings. The molecule has 0 spiro atoms. The summed E-state index contributed by atoms with van der Waals surface area (Å²) in [5, 5.41) is 2.68. The molecule has 0 aliphatic heterocycles. The van der Waals surface area contributed by atoms with Crippen LogP contribution in [0, 0.1) is 0 Å². The van der Waals surface area contributed by atoms with Crippen LogP contribution in [0.2, 0.25) is 5.15 Å². The van der Waals surface area contributed by atoms with Gasteiger partial charge < -0.3 is 9.73 Å². The van der Waals surface area contributed by atoms with Crippen LogP contribution in [0.15, 0.2) is 75.2 Å². The molecule has 0 atom stereocenters. The van der Waals surface area contributed by atoms with Crippen LogP contribution in [-0.2, 0) is 21.4 Å². The summed E-state index contributed by atoms with van der Waals surface area (Å²) in [7, 11) is -4.10. The van der Waals surface area contributed by atoms with Crippen LogP contribution in [0.5, 0.6) is 0 Å². The van der Waals surface area contributed by atoms with Gasteiger partial charge in [0.15, 0.2) is 0 Å². The quantitative estimate of drug-likeness (QED) is 0.353. The van der Waals surface area contributed by atoms with Crippen molar-refractivity contribution >= 4 is 45.0 Å². The van der Waals surface area contributed by atoms with Crippen molar-refractivity contribution in [3.05, 3.63) is 71.9 Å². The molecule has 0 saturated carbocycles. The van der Waals surface area contributed by atoms with E-state index in [1.54, 1.807) is 12.1 Å². The van der Waals surface area contributed by atoms with Gasteiger partial charge in [-0.05, 0) is 48.5 Å². The molecular formula is C19H16ClF2N3O4S2. The number of anilines is 1. The summed E-state index contributed by atoms with van der Waals surface area (Å²) in [6.07, 6.45) is 2.49. The molecule has 1 aromatic carbocycles. The Morgan fingerprint density at radius 1 is 1.19 bits per heavy atom. The third-order valence-electron chi connectivity index (χ3n) is 3.93. The van der Waals surface area contributed by atoms with E-state index in [2.05, 4.69) is 10.3 Å². The lowest BCUT2D eigenvalue weighted by atomic mass is 10.3. The lowest BCUT2D eigenvalue weighted by Crippen LogP contribution is -2.37. The van der Waals surface area contributed by atoms with Crippen molar-refractivity contribution in [2.45, 2.75) is 22.1 Å². The van der Waals surface area contributed by atoms with E-state index in [4.69, 9.17) is 16.0 Å². The molecule has 0 unspecified atom stereocenters. The molecule has 0 aliphatic carbocycles. The summed E-state index contributed by atoms with van der Waals surface area (Å²) >= 11 is 6.11. The Balaban J connectivity index is 1.76. The molecule has 12 heteroatoms. The smallest absolute Gasteiger partial charge is 0.288 e. The third-order valence-corrected chi connectivity index (χ3v) is 6.65. The number of nitrogens with one attached hydrogen (secondary N) is 1. The first-order valence-corrected chi connectivity index (χ1v) is 11.4. The van der Waals surface area contributed by atoms with Crippen LogP contribution in [0.3, 0.4) is 0 Å². The van der Waals surface area contributed by atoms with Gasteiger partial charge in [0.05, 0.1) is 19.4 Å². The monoisotopic (exact) mass is 487 g/mol. The fraction of sp³-hybridized carbons (Fsp3) is 0.158. The van der Waals surface area contributed by atoms with E-state index >= 15 is 0 Å². The highest BCUT2D eigenvalue weighted by Crippen LogP contribution is 2.26. The van der Waals surface area contributed by atoms with Crippen LogP contribution in [0.4, 0.5) is 14.5 Å². The lowest BCUT2D eigenvalue weighted by Gasteiger charge is -2.20. The zero-order valence-corrected chi connectivity index (χ0v) is 18.1. The highest BCUT2D eigenvalue weighted by Gasteiger charge is 2.28. The Bertz CT molecular complexity index is 1110. The van der Waals surface area contributed by atoms with Gasteiger partial charge in [-0.1, -0.05) is 23.4 Å². The maximum Gasteiger partial charge on any atom is 0.288 e. The first kappa shape index (κ1) is 23.2. The zero-order chi connectivity index (χ0) is 22.4. The van der Waals surface area contributed by atoms with Gasteiger partial charge in [-0.25, -0.2) is 13.4 Å². The number of hydrogen-bond acceptors (Lipinski definition) is 6. The van der Waals surface area contributed by atoms with Gasteiger partial charge in [0.1, 0.15) is 15.8 Å². The molecule has 0 bridgehead atoms. The Morgan fingerprint density at radius 3 is 2.52 bits per heavy atom. The molecule has 1 N–H and O–H groups in total. The molecule has 0 radical (unpaired) electrons. The maximum atomic E-state index is 13.1. The highest BCUT2D eigenvalue weighted by molar-refractivity contribution is 7.99. The van der Waals surface area contributed by atoms with Gasteiger partial charge in [-0.3, -0.25) is 4.79 Å². The summed E-state index contributed by atoms with van der Waals surface area (Å²) in [6, 6.07) is 11.6. The fourth-order valence-electron chi connectivity index (χ4n) is 2.55. The molecule has 0 fully saturated rings. The largest absolute Gasteiger partial charge is 0.468 e. The van der Waals surface area contributed by atoms with E-state index in [0.717, 1.165) is 10.5 Å². The number of pyridine rings is 1. The van der Waals surface area contributed by atoms with Crippen LogP contribution >= 0.6 is 23.4 Å². The Hall–Kier alpha value is -2.47. The fourth-order valence-corrected chi connectivity index (χ4v) is 4.47. The van der Waals surface area contributed by atoms with Crippen LogP contribution in [-0.4, -0.2) is 35.9 Å². The number of rotatable bonds is 9. The number of aromatic nitrogens is 1. The van der Waals surface area contributed by atoms with Crippen molar-refractivity contribution < 1.29 is 26.4 Å². The van der Waals surface area contributed by atoms with Gasteiger partial charge in [-0.15, -0.1) is 0 Å². The molecule has 164 valence electrons. The molecule has 1 amide bonds. The Morgan fingerprint density at radius 2 is 1.94 bits per heavy atom. The number of sulfonamides is 1. The van der Waals surface area contributed by atoms with Crippen molar-refractivity contribution in [2.75, 3.05) is 11.9 Å². The Labute approximate surface area is 186 Å². The van der Waals surface area contributed by atoms with E-state index < -0.39 is 28.2 Å². The van der Waals surface area contributed by atoms with E-state index in [1.165, 1.54) is 42.7 Å². The van der Waals surface area contributed by atoms with Gasteiger partial charge in [0.2, 0.25) is 15.9 Å². The Kier molecular flexibility index (Phi) is 7.65. The van der Waals surface area contributed by atoms with Crippen molar-refractivity contribution in [1.29, 1.82) is 0 Å². The van der Waals surface area contributed by atoms with Crippen LogP contribution in [0.1, 0.15) is 5.76 Å². The predicted molar refractivity (Wildman–Crippen MR) is 112 cm³/mol. The summed E-state index contributed by atoms with van der Waals surface area (Å²) in [5.74, 6) is -2.83. The van der Waals surface area contributed by atoms with Crippen molar-refractivity contribution in [3.63, 3.8) is 0 Å². The number of thioether (sulfide) groups is 1. The maximum absolute atomic E-state index is 13.1. The van der Waals surface area contributed by atoms with Gasteiger partial charge >= 0.3 is 0 Å². The molecule has 0 saturated heterocycles. The summed E-state index contributed by atoms with van der Waals surface area (Å²) in [4.78, 5) is 16.5. The van der Waals surface area contributed by atoms with Crippen molar-refractivity contribution in [3.8, 4) is 0 Å². The minimum absolute atomic E-state index is 0.128. The SMILES string of the molecule is O=C(CN(Cc1ccco1)S(=O)(=O)c1ccc(Cl)nc1)Nc1ccc(SC(F)F)cc1. The number of nitrogens with zero attached hydrogens (tertiary/aromatic N) is 2. The molecule has 31 heavy (non-hydrogen) atoms. The molecule has 7 nitrogen and oxygen atoms in total.